The van der Waals surface area contributed by atoms with Gasteiger partial charge in [0.15, 0.2) is 0 Å². The zero-order valence-corrected chi connectivity index (χ0v) is 23.9. The third-order valence-corrected chi connectivity index (χ3v) is 8.81. The lowest BCUT2D eigenvalue weighted by atomic mass is 10.0. The molecule has 41 heavy (non-hydrogen) atoms. The van der Waals surface area contributed by atoms with Crippen LogP contribution >= 0.6 is 0 Å². The van der Waals surface area contributed by atoms with Gasteiger partial charge in [0.05, 0.1) is 17.6 Å². The van der Waals surface area contributed by atoms with Gasteiger partial charge in [-0.2, -0.15) is 17.5 Å². The minimum absolute atomic E-state index is 0.00269. The van der Waals surface area contributed by atoms with Gasteiger partial charge in [-0.1, -0.05) is 38.1 Å². The Kier molecular flexibility index (Phi) is 10.5. The van der Waals surface area contributed by atoms with Crippen LogP contribution in [0.5, 0.6) is 0 Å². The minimum Gasteiger partial charge on any atom is -0.469 e. The number of hydrogen-bond acceptors (Lipinski definition) is 6. The second-order valence-corrected chi connectivity index (χ2v) is 11.9. The number of nitrogens with one attached hydrogen (secondary N) is 1. The van der Waals surface area contributed by atoms with Crippen LogP contribution in [0.15, 0.2) is 53.4 Å². The van der Waals surface area contributed by atoms with Gasteiger partial charge < -0.3 is 15.0 Å². The molecule has 0 radical (unpaired) electrons. The highest BCUT2D eigenvalue weighted by molar-refractivity contribution is 7.89. The molecule has 1 N–H and O–H groups in total. The molecular weight excluding hydrogens is 563 g/mol. The van der Waals surface area contributed by atoms with Crippen molar-refractivity contribution >= 4 is 27.8 Å². The van der Waals surface area contributed by atoms with Crippen molar-refractivity contribution in [3.05, 3.63) is 65.2 Å². The summed E-state index contributed by atoms with van der Waals surface area (Å²) in [6.07, 6.45) is -4.39. The average molecular weight is 598 g/mol. The van der Waals surface area contributed by atoms with Crippen LogP contribution in [-0.4, -0.2) is 68.2 Å². The molecule has 13 heteroatoms. The highest BCUT2D eigenvalue weighted by Gasteiger charge is 2.41. The summed E-state index contributed by atoms with van der Waals surface area (Å²) in [5, 5.41) is 2.73. The molecule has 1 aliphatic heterocycles. The molecule has 0 aromatic heterocycles. The van der Waals surface area contributed by atoms with E-state index in [-0.39, 0.29) is 51.3 Å². The first kappa shape index (κ1) is 32.1. The van der Waals surface area contributed by atoms with Gasteiger partial charge in [0, 0.05) is 39.0 Å². The van der Waals surface area contributed by atoms with Gasteiger partial charge >= 0.3 is 12.1 Å². The van der Waals surface area contributed by atoms with Crippen LogP contribution in [-0.2, 0) is 41.9 Å². The maximum absolute atomic E-state index is 13.5. The van der Waals surface area contributed by atoms with E-state index in [4.69, 9.17) is 0 Å². The Bertz CT molecular complexity index is 1330. The largest absolute Gasteiger partial charge is 0.469 e. The molecule has 2 aromatic carbocycles. The average Bonchev–Trinajstić information content (AvgIpc) is 2.95. The van der Waals surface area contributed by atoms with E-state index in [0.717, 1.165) is 27.6 Å². The van der Waals surface area contributed by atoms with Crippen LogP contribution in [0.25, 0.3) is 0 Å². The third kappa shape index (κ3) is 8.29. The quantitative estimate of drug-likeness (QED) is 0.418. The molecule has 0 aliphatic carbocycles. The first-order valence-corrected chi connectivity index (χ1v) is 14.6. The molecule has 0 bridgehead atoms. The number of piperazine rings is 1. The number of carbonyl (C=O) groups is 3. The predicted octanol–water partition coefficient (Wildman–Crippen LogP) is 3.69. The van der Waals surface area contributed by atoms with E-state index in [0.29, 0.717) is 18.1 Å². The van der Waals surface area contributed by atoms with Crippen molar-refractivity contribution in [3.8, 4) is 0 Å². The zero-order valence-electron chi connectivity index (χ0n) is 23.1. The van der Waals surface area contributed by atoms with Crippen molar-refractivity contribution in [2.24, 2.45) is 0 Å². The standard InChI is InChI=1S/C28H34F3N3O6S/c1-19(2)21-9-7-20(8-10-21)17-32-27(37)24-18-33(25(35)5-4-6-26(36)40-3)15-16-34(24)41(38,39)23-13-11-22(12-14-23)28(29,30)31/h7-14,19,24H,4-6,15-18H2,1-3H3,(H,32,37). The van der Waals surface area contributed by atoms with Crippen molar-refractivity contribution in [3.63, 3.8) is 0 Å². The fraction of sp³-hybridized carbons (Fsp3) is 0.464. The topological polar surface area (TPSA) is 113 Å². The summed E-state index contributed by atoms with van der Waals surface area (Å²) in [4.78, 5) is 38.5. The van der Waals surface area contributed by atoms with Crippen LogP contribution in [0.1, 0.15) is 55.7 Å². The molecule has 2 aromatic rings. The molecule has 1 aliphatic rings. The van der Waals surface area contributed by atoms with E-state index >= 15 is 0 Å². The number of nitrogens with zero attached hydrogens (tertiary/aromatic N) is 2. The van der Waals surface area contributed by atoms with E-state index in [9.17, 15) is 36.0 Å². The summed E-state index contributed by atoms with van der Waals surface area (Å²) in [5.41, 5.74) is 0.894. The Morgan fingerprint density at radius 2 is 1.63 bits per heavy atom. The van der Waals surface area contributed by atoms with Crippen LogP contribution in [0, 0.1) is 0 Å². The van der Waals surface area contributed by atoms with Gasteiger partial charge in [0.1, 0.15) is 6.04 Å². The molecule has 1 saturated heterocycles. The molecule has 1 fully saturated rings. The fourth-order valence-corrected chi connectivity index (χ4v) is 5.99. The number of ether oxygens (including phenoxy) is 1. The Balaban J connectivity index is 1.81. The van der Waals surface area contributed by atoms with Crippen LogP contribution in [0.3, 0.4) is 0 Å². The maximum Gasteiger partial charge on any atom is 0.416 e. The van der Waals surface area contributed by atoms with Gasteiger partial charge in [-0.05, 0) is 47.7 Å². The number of sulfonamides is 1. The minimum atomic E-state index is -4.64. The summed E-state index contributed by atoms with van der Waals surface area (Å²) in [5.74, 6) is -1.16. The van der Waals surface area contributed by atoms with Gasteiger partial charge in [-0.25, -0.2) is 8.42 Å². The number of hydrogen-bond donors (Lipinski definition) is 1. The number of methoxy groups -OCH3 is 1. The lowest BCUT2D eigenvalue weighted by Crippen LogP contribution is -2.61. The number of amides is 2. The van der Waals surface area contributed by atoms with Gasteiger partial charge in [0.2, 0.25) is 21.8 Å². The molecule has 1 unspecified atom stereocenters. The van der Waals surface area contributed by atoms with Crippen molar-refractivity contribution in [2.45, 2.75) is 62.7 Å². The first-order valence-electron chi connectivity index (χ1n) is 13.1. The van der Waals surface area contributed by atoms with Gasteiger partial charge in [0.25, 0.3) is 0 Å². The third-order valence-electron chi connectivity index (χ3n) is 6.89. The van der Waals surface area contributed by atoms with E-state index in [1.54, 1.807) is 0 Å². The van der Waals surface area contributed by atoms with Crippen LogP contribution in [0.2, 0.25) is 0 Å². The fourth-order valence-electron chi connectivity index (χ4n) is 4.42. The lowest BCUT2D eigenvalue weighted by molar-refractivity contribution is -0.141. The summed E-state index contributed by atoms with van der Waals surface area (Å²) in [6.45, 7) is 3.68. The van der Waals surface area contributed by atoms with Crippen LogP contribution < -0.4 is 5.32 Å². The van der Waals surface area contributed by atoms with E-state index in [1.165, 1.54) is 12.0 Å². The summed E-state index contributed by atoms with van der Waals surface area (Å²) < 4.78 is 71.6. The molecular formula is C28H34F3N3O6S. The van der Waals surface area contributed by atoms with Gasteiger partial charge in [-0.3, -0.25) is 14.4 Å². The number of alkyl halides is 3. The number of halogens is 3. The Hall–Kier alpha value is -3.45. The van der Waals surface area contributed by atoms with E-state index in [1.807, 2.05) is 38.1 Å². The molecule has 2 amide bonds. The lowest BCUT2D eigenvalue weighted by Gasteiger charge is -2.39. The molecule has 9 nitrogen and oxygen atoms in total. The monoisotopic (exact) mass is 597 g/mol. The maximum atomic E-state index is 13.5. The number of rotatable bonds is 10. The Morgan fingerprint density at radius 1 is 1.00 bits per heavy atom. The summed E-state index contributed by atoms with van der Waals surface area (Å²) in [6, 6.07) is 9.30. The molecule has 224 valence electrons. The van der Waals surface area contributed by atoms with E-state index < -0.39 is 44.6 Å². The first-order chi connectivity index (χ1) is 19.2. The normalized spacial score (nSPS) is 16.5. The zero-order chi connectivity index (χ0) is 30.4. The van der Waals surface area contributed by atoms with Crippen molar-refractivity contribution < 1.29 is 40.7 Å². The molecule has 0 spiro atoms. The van der Waals surface area contributed by atoms with Crippen molar-refractivity contribution in [1.29, 1.82) is 0 Å². The molecule has 0 saturated carbocycles. The SMILES string of the molecule is COC(=O)CCCC(=O)N1CCN(S(=O)(=O)c2ccc(C(F)(F)F)cc2)C(C(=O)NCc2ccc(C(C)C)cc2)C1. The number of esters is 1. The Labute approximate surface area is 237 Å². The van der Waals surface area contributed by atoms with Gasteiger partial charge in [-0.15, -0.1) is 0 Å². The van der Waals surface area contributed by atoms with Crippen LogP contribution in [0.4, 0.5) is 13.2 Å². The molecule has 1 atom stereocenters. The molecule has 3 rings (SSSR count). The highest BCUT2D eigenvalue weighted by atomic mass is 32.2. The smallest absolute Gasteiger partial charge is 0.416 e. The summed E-state index contributed by atoms with van der Waals surface area (Å²) in [7, 11) is -3.15. The predicted molar refractivity (Wildman–Crippen MR) is 144 cm³/mol. The van der Waals surface area contributed by atoms with Crippen molar-refractivity contribution in [1.82, 2.24) is 14.5 Å². The number of benzene rings is 2. The number of carbonyl (C=O) groups excluding carboxylic acids is 3. The van der Waals surface area contributed by atoms with Crippen molar-refractivity contribution in [2.75, 3.05) is 26.7 Å². The second-order valence-electron chi connectivity index (χ2n) is 10.0. The molecule has 1 heterocycles. The highest BCUT2D eigenvalue weighted by Crippen LogP contribution is 2.31. The second kappa shape index (κ2) is 13.5. The van der Waals surface area contributed by atoms with E-state index in [2.05, 4.69) is 10.1 Å². The summed E-state index contributed by atoms with van der Waals surface area (Å²) >= 11 is 0. The Morgan fingerprint density at radius 3 is 2.20 bits per heavy atom.